The fourth-order valence-electron chi connectivity index (χ4n) is 3.33. The molecule has 3 N–H and O–H groups in total. The van der Waals surface area contributed by atoms with Crippen molar-refractivity contribution < 1.29 is 28.2 Å². The van der Waals surface area contributed by atoms with Gasteiger partial charge in [-0.25, -0.2) is 14.2 Å². The lowest BCUT2D eigenvalue weighted by Crippen LogP contribution is -2.43. The Morgan fingerprint density at radius 2 is 1.47 bits per heavy atom. The molecule has 0 bridgehead atoms. The number of ether oxygens (including phenoxy) is 2. The fourth-order valence-corrected chi connectivity index (χ4v) is 3.33. The summed E-state index contributed by atoms with van der Waals surface area (Å²) in [5, 5.41) is 7.91. The molecule has 2 aromatic carbocycles. The molecule has 1 saturated heterocycles. The summed E-state index contributed by atoms with van der Waals surface area (Å²) < 4.78 is 24.0. The lowest BCUT2D eigenvalue weighted by Gasteiger charge is -2.26. The number of halogens is 1. The van der Waals surface area contributed by atoms with E-state index < -0.39 is 24.1 Å². The molecule has 0 radical (unpaired) electrons. The predicted molar refractivity (Wildman–Crippen MR) is 130 cm³/mol. The Balaban J connectivity index is 1.26. The van der Waals surface area contributed by atoms with Gasteiger partial charge >= 0.3 is 6.03 Å². The number of urea groups is 1. The summed E-state index contributed by atoms with van der Waals surface area (Å²) in [7, 11) is 0. The normalized spacial score (nSPS) is 13.0. The van der Waals surface area contributed by atoms with E-state index in [1.165, 1.54) is 30.5 Å². The van der Waals surface area contributed by atoms with E-state index >= 15 is 0 Å². The summed E-state index contributed by atoms with van der Waals surface area (Å²) in [6.45, 7) is 2.04. The van der Waals surface area contributed by atoms with Gasteiger partial charge in [-0.2, -0.15) is 0 Å². The van der Waals surface area contributed by atoms with Crippen molar-refractivity contribution in [3.8, 4) is 11.5 Å². The minimum absolute atomic E-state index is 0.255. The zero-order chi connectivity index (χ0) is 25.3. The van der Waals surface area contributed by atoms with Crippen LogP contribution < -0.4 is 20.7 Å². The van der Waals surface area contributed by atoms with Crippen LogP contribution in [0.25, 0.3) is 0 Å². The summed E-state index contributed by atoms with van der Waals surface area (Å²) in [6.07, 6.45) is 1.13. The van der Waals surface area contributed by atoms with Crippen LogP contribution in [0.2, 0.25) is 0 Å². The van der Waals surface area contributed by atoms with Crippen molar-refractivity contribution >= 4 is 35.0 Å². The zero-order valence-corrected chi connectivity index (χ0v) is 19.2. The lowest BCUT2D eigenvalue weighted by atomic mass is 10.2. The van der Waals surface area contributed by atoms with Crippen LogP contribution in [0.5, 0.6) is 11.5 Å². The Morgan fingerprint density at radius 1 is 0.861 bits per heavy atom. The van der Waals surface area contributed by atoms with Crippen molar-refractivity contribution in [1.29, 1.82) is 0 Å². The Bertz CT molecular complexity index is 1210. The van der Waals surface area contributed by atoms with E-state index in [0.717, 1.165) is 0 Å². The first-order chi connectivity index (χ1) is 17.4. The van der Waals surface area contributed by atoms with Crippen LogP contribution in [-0.4, -0.2) is 54.0 Å². The van der Waals surface area contributed by atoms with Crippen molar-refractivity contribution in [2.45, 2.75) is 6.42 Å². The second-order valence-electron chi connectivity index (χ2n) is 7.81. The topological polar surface area (TPSA) is 122 Å². The number of carbonyl (C=O) groups excluding carboxylic acids is 3. The summed E-state index contributed by atoms with van der Waals surface area (Å²) >= 11 is 0. The molecular formula is C25H24FN5O5. The number of rotatable bonds is 7. The zero-order valence-electron chi connectivity index (χ0n) is 19.2. The van der Waals surface area contributed by atoms with Crippen molar-refractivity contribution in [2.75, 3.05) is 42.3 Å². The number of nitrogens with one attached hydrogen (secondary N) is 3. The third-order valence-corrected chi connectivity index (χ3v) is 5.09. The number of carbonyl (C=O) groups is 3. The molecule has 0 saturated carbocycles. The van der Waals surface area contributed by atoms with Gasteiger partial charge in [-0.1, -0.05) is 0 Å². The Morgan fingerprint density at radius 3 is 2.11 bits per heavy atom. The standard InChI is InChI=1S/C25H24FN5O5/c26-17-1-3-18(4-2-17)28-23(32)16-24(33)29-19-5-7-20(8-6-19)36-21-9-10-27-22(15-21)30-25(34)31-11-13-35-14-12-31/h1-10,15H,11-14,16H2,(H,28,32)(H,29,33)(H,27,30,34). The van der Waals surface area contributed by atoms with Gasteiger partial charge in [-0.05, 0) is 54.6 Å². The number of benzene rings is 2. The van der Waals surface area contributed by atoms with Crippen LogP contribution in [0.4, 0.5) is 26.4 Å². The number of hydrogen-bond donors (Lipinski definition) is 3. The van der Waals surface area contributed by atoms with Crippen LogP contribution >= 0.6 is 0 Å². The molecule has 3 aromatic rings. The number of anilines is 3. The Hall–Kier alpha value is -4.51. The molecule has 1 aromatic heterocycles. The quantitative estimate of drug-likeness (QED) is 0.430. The van der Waals surface area contributed by atoms with Gasteiger partial charge in [0.15, 0.2) is 0 Å². The maximum atomic E-state index is 12.9. The maximum Gasteiger partial charge on any atom is 0.323 e. The van der Waals surface area contributed by atoms with Gasteiger partial charge in [0.1, 0.15) is 29.6 Å². The summed E-state index contributed by atoms with van der Waals surface area (Å²) in [5.41, 5.74) is 0.880. The molecule has 4 amide bonds. The van der Waals surface area contributed by atoms with Gasteiger partial charge in [-0.3, -0.25) is 14.9 Å². The minimum atomic E-state index is -0.520. The van der Waals surface area contributed by atoms with Gasteiger partial charge < -0.3 is 25.0 Å². The molecule has 0 unspecified atom stereocenters. The van der Waals surface area contributed by atoms with Crippen molar-refractivity contribution in [3.63, 3.8) is 0 Å². The Kier molecular flexibility index (Phi) is 8.04. The first-order valence-electron chi connectivity index (χ1n) is 11.2. The summed E-state index contributed by atoms with van der Waals surface area (Å²) in [6, 6.07) is 14.8. The molecule has 2 heterocycles. The van der Waals surface area contributed by atoms with Crippen LogP contribution in [0.15, 0.2) is 66.9 Å². The van der Waals surface area contributed by atoms with Crippen LogP contribution in [-0.2, 0) is 14.3 Å². The average molecular weight is 493 g/mol. The molecule has 1 aliphatic heterocycles. The highest BCUT2D eigenvalue weighted by atomic mass is 19.1. The number of hydrogen-bond acceptors (Lipinski definition) is 6. The third kappa shape index (κ3) is 7.24. The second kappa shape index (κ2) is 11.8. The SMILES string of the molecule is O=C(CC(=O)Nc1ccc(Oc2ccnc(NC(=O)N3CCOCC3)c2)cc1)Nc1ccc(F)cc1. The predicted octanol–water partition coefficient (Wildman–Crippen LogP) is 3.84. The van der Waals surface area contributed by atoms with Crippen LogP contribution in [0.3, 0.4) is 0 Å². The van der Waals surface area contributed by atoms with E-state index in [0.29, 0.717) is 55.0 Å². The second-order valence-corrected chi connectivity index (χ2v) is 7.81. The molecule has 1 fully saturated rings. The number of aromatic nitrogens is 1. The van der Waals surface area contributed by atoms with Crippen LogP contribution in [0.1, 0.15) is 6.42 Å². The van der Waals surface area contributed by atoms with E-state index in [2.05, 4.69) is 20.9 Å². The largest absolute Gasteiger partial charge is 0.457 e. The average Bonchev–Trinajstić information content (AvgIpc) is 2.87. The molecule has 0 aliphatic carbocycles. The van der Waals surface area contributed by atoms with Crippen molar-refractivity contribution in [1.82, 2.24) is 9.88 Å². The first-order valence-corrected chi connectivity index (χ1v) is 11.2. The fraction of sp³-hybridized carbons (Fsp3) is 0.200. The van der Waals surface area contributed by atoms with E-state index in [1.54, 1.807) is 41.3 Å². The number of nitrogens with zero attached hydrogens (tertiary/aromatic N) is 2. The smallest absolute Gasteiger partial charge is 0.323 e. The molecule has 1 aliphatic rings. The Labute approximate surface area is 206 Å². The lowest BCUT2D eigenvalue weighted by molar-refractivity contribution is -0.123. The highest BCUT2D eigenvalue weighted by Gasteiger charge is 2.17. The highest BCUT2D eigenvalue weighted by molar-refractivity contribution is 6.08. The van der Waals surface area contributed by atoms with Gasteiger partial charge in [0.05, 0.1) is 13.2 Å². The molecule has 4 rings (SSSR count). The van der Waals surface area contributed by atoms with Crippen LogP contribution in [0, 0.1) is 5.82 Å². The van der Waals surface area contributed by atoms with Gasteiger partial charge in [0.25, 0.3) is 0 Å². The summed E-state index contributed by atoms with van der Waals surface area (Å²) in [5.74, 6) is -0.119. The van der Waals surface area contributed by atoms with E-state index in [-0.39, 0.29) is 6.03 Å². The van der Waals surface area contributed by atoms with Crippen molar-refractivity contribution in [2.24, 2.45) is 0 Å². The molecule has 0 spiro atoms. The molecule has 0 atom stereocenters. The summed E-state index contributed by atoms with van der Waals surface area (Å²) in [4.78, 5) is 42.3. The monoisotopic (exact) mass is 493 g/mol. The van der Waals surface area contributed by atoms with Crippen molar-refractivity contribution in [3.05, 3.63) is 72.7 Å². The highest BCUT2D eigenvalue weighted by Crippen LogP contribution is 2.24. The van der Waals surface area contributed by atoms with Gasteiger partial charge in [0.2, 0.25) is 11.8 Å². The molecule has 11 heteroatoms. The molecular weight excluding hydrogens is 469 g/mol. The maximum absolute atomic E-state index is 12.9. The van der Waals surface area contributed by atoms with E-state index in [4.69, 9.17) is 9.47 Å². The number of amides is 4. The molecule has 186 valence electrons. The van der Waals surface area contributed by atoms with Gasteiger partial charge in [-0.15, -0.1) is 0 Å². The van der Waals surface area contributed by atoms with Gasteiger partial charge in [0, 0.05) is 36.7 Å². The van der Waals surface area contributed by atoms with E-state index in [9.17, 15) is 18.8 Å². The number of morpholine rings is 1. The molecule has 36 heavy (non-hydrogen) atoms. The number of pyridine rings is 1. The third-order valence-electron chi connectivity index (χ3n) is 5.09. The van der Waals surface area contributed by atoms with E-state index in [1.807, 2.05) is 0 Å². The minimum Gasteiger partial charge on any atom is -0.457 e. The first kappa shape index (κ1) is 24.6. The molecule has 10 nitrogen and oxygen atoms in total.